The van der Waals surface area contributed by atoms with Crippen LogP contribution in [0.15, 0.2) is 65.6 Å². The number of carbonyl (C=O) groups excluding carboxylic acids is 1. The Hall–Kier alpha value is -3.62. The maximum Gasteiger partial charge on any atom is 0.417 e. The number of nitrogens with one attached hydrogen (secondary N) is 2. The summed E-state index contributed by atoms with van der Waals surface area (Å²) < 4.78 is 59.6. The van der Waals surface area contributed by atoms with E-state index in [0.29, 0.717) is 6.07 Å². The molecule has 150 valence electrons. The Morgan fingerprint density at radius 2 is 1.79 bits per heavy atom. The normalized spacial score (nSPS) is 11.2. The standard InChI is InChI=1S/C20H14F4N2O3/c21-11-12-8-15(20(22,23)24)18(16(9-12)29-14-4-2-1-3-5-14)19(28)26-13-6-7-25-17(27)10-13/h1-10H,11H2,(H2,25,26,27,28). The molecule has 9 heteroatoms. The Balaban J connectivity index is 2.12. The highest BCUT2D eigenvalue weighted by atomic mass is 19.4. The zero-order valence-corrected chi connectivity index (χ0v) is 14.7. The average molecular weight is 406 g/mol. The third-order valence-electron chi connectivity index (χ3n) is 3.85. The van der Waals surface area contributed by atoms with Gasteiger partial charge in [-0.2, -0.15) is 13.2 Å². The van der Waals surface area contributed by atoms with Crippen molar-refractivity contribution < 1.29 is 27.1 Å². The molecule has 5 nitrogen and oxygen atoms in total. The first-order valence-corrected chi connectivity index (χ1v) is 8.31. The second kappa shape index (κ2) is 8.17. The van der Waals surface area contributed by atoms with Crippen LogP contribution in [0.3, 0.4) is 0 Å². The van der Waals surface area contributed by atoms with Crippen LogP contribution in [-0.2, 0) is 12.9 Å². The fraction of sp³-hybridized carbons (Fsp3) is 0.100. The molecule has 0 saturated carbocycles. The molecule has 2 aromatic carbocycles. The Kier molecular flexibility index (Phi) is 5.67. The highest BCUT2D eigenvalue weighted by Gasteiger charge is 2.38. The Bertz CT molecular complexity index is 1080. The van der Waals surface area contributed by atoms with Gasteiger partial charge < -0.3 is 15.0 Å². The van der Waals surface area contributed by atoms with Crippen molar-refractivity contribution >= 4 is 11.6 Å². The number of carbonyl (C=O) groups is 1. The minimum Gasteiger partial charge on any atom is -0.457 e. The highest BCUT2D eigenvalue weighted by molar-refractivity contribution is 6.07. The number of hydrogen-bond donors (Lipinski definition) is 2. The van der Waals surface area contributed by atoms with Gasteiger partial charge in [-0.05, 0) is 35.9 Å². The minimum atomic E-state index is -4.94. The molecule has 0 spiro atoms. The number of pyridine rings is 1. The molecule has 0 aliphatic rings. The molecular weight excluding hydrogens is 392 g/mol. The molecule has 0 fully saturated rings. The molecule has 0 atom stereocenters. The summed E-state index contributed by atoms with van der Waals surface area (Å²) in [4.78, 5) is 26.4. The van der Waals surface area contributed by atoms with Gasteiger partial charge in [-0.15, -0.1) is 0 Å². The lowest BCUT2D eigenvalue weighted by Gasteiger charge is -2.18. The quantitative estimate of drug-likeness (QED) is 0.592. The third kappa shape index (κ3) is 4.81. The number of rotatable bonds is 5. The van der Waals surface area contributed by atoms with Crippen LogP contribution in [0.5, 0.6) is 11.5 Å². The van der Waals surface area contributed by atoms with Crippen LogP contribution in [0.2, 0.25) is 0 Å². The van der Waals surface area contributed by atoms with Gasteiger partial charge >= 0.3 is 6.18 Å². The molecule has 0 unspecified atom stereocenters. The number of halogens is 4. The van der Waals surface area contributed by atoms with E-state index in [0.717, 1.165) is 12.1 Å². The molecule has 2 N–H and O–H groups in total. The summed E-state index contributed by atoms with van der Waals surface area (Å²) in [6.45, 7) is -1.18. The minimum absolute atomic E-state index is 0.00731. The molecular formula is C20H14F4N2O3. The zero-order valence-electron chi connectivity index (χ0n) is 14.7. The fourth-order valence-corrected chi connectivity index (χ4v) is 2.62. The summed E-state index contributed by atoms with van der Waals surface area (Å²) in [5, 5.41) is 2.24. The first kappa shape index (κ1) is 20.1. The monoisotopic (exact) mass is 406 g/mol. The molecule has 1 amide bonds. The predicted molar refractivity (Wildman–Crippen MR) is 97.8 cm³/mol. The van der Waals surface area contributed by atoms with Gasteiger partial charge in [0.2, 0.25) is 5.56 Å². The van der Waals surface area contributed by atoms with Crippen LogP contribution >= 0.6 is 0 Å². The van der Waals surface area contributed by atoms with Crippen LogP contribution in [0.4, 0.5) is 23.2 Å². The number of alkyl halides is 4. The van der Waals surface area contributed by atoms with Gasteiger partial charge in [0.15, 0.2) is 0 Å². The first-order chi connectivity index (χ1) is 13.8. The number of hydrogen-bond acceptors (Lipinski definition) is 3. The van der Waals surface area contributed by atoms with E-state index in [1.54, 1.807) is 18.2 Å². The second-order valence-electron chi connectivity index (χ2n) is 5.96. The largest absolute Gasteiger partial charge is 0.457 e. The van der Waals surface area contributed by atoms with E-state index in [1.807, 2.05) is 0 Å². The van der Waals surface area contributed by atoms with Crippen molar-refractivity contribution in [2.24, 2.45) is 0 Å². The molecule has 1 heterocycles. The van der Waals surface area contributed by atoms with Crippen molar-refractivity contribution in [1.29, 1.82) is 0 Å². The fourth-order valence-electron chi connectivity index (χ4n) is 2.62. The van der Waals surface area contributed by atoms with E-state index in [9.17, 15) is 27.2 Å². The van der Waals surface area contributed by atoms with Gasteiger partial charge in [-0.25, -0.2) is 4.39 Å². The van der Waals surface area contributed by atoms with E-state index in [2.05, 4.69) is 10.3 Å². The van der Waals surface area contributed by atoms with Gasteiger partial charge in [0.05, 0.1) is 11.1 Å². The summed E-state index contributed by atoms with van der Waals surface area (Å²) in [7, 11) is 0. The molecule has 0 aliphatic carbocycles. The number of amides is 1. The number of aromatic amines is 1. The van der Waals surface area contributed by atoms with Crippen molar-refractivity contribution in [1.82, 2.24) is 4.98 Å². The third-order valence-corrected chi connectivity index (χ3v) is 3.85. The first-order valence-electron chi connectivity index (χ1n) is 8.31. The predicted octanol–water partition coefficient (Wildman–Crippen LogP) is 4.91. The number of aromatic nitrogens is 1. The summed E-state index contributed by atoms with van der Waals surface area (Å²) in [6.07, 6.45) is -3.71. The van der Waals surface area contributed by atoms with Crippen molar-refractivity contribution in [2.75, 3.05) is 5.32 Å². The lowest BCUT2D eigenvalue weighted by molar-refractivity contribution is -0.138. The number of anilines is 1. The van der Waals surface area contributed by atoms with Crippen LogP contribution in [-0.4, -0.2) is 10.9 Å². The van der Waals surface area contributed by atoms with Gasteiger partial charge in [0.1, 0.15) is 18.2 Å². The molecule has 0 saturated heterocycles. The number of para-hydroxylation sites is 1. The van der Waals surface area contributed by atoms with Crippen molar-refractivity contribution in [3.05, 3.63) is 87.8 Å². The van der Waals surface area contributed by atoms with Crippen molar-refractivity contribution in [3.8, 4) is 11.5 Å². The summed E-state index contributed by atoms with van der Waals surface area (Å²) in [5.41, 5.74) is -3.02. The molecule has 3 rings (SSSR count). The molecule has 1 aromatic heterocycles. The highest BCUT2D eigenvalue weighted by Crippen LogP contribution is 2.39. The second-order valence-corrected chi connectivity index (χ2v) is 5.96. The maximum absolute atomic E-state index is 13.6. The van der Waals surface area contributed by atoms with Crippen LogP contribution < -0.4 is 15.6 Å². The van der Waals surface area contributed by atoms with Crippen molar-refractivity contribution in [3.63, 3.8) is 0 Å². The Morgan fingerprint density at radius 1 is 1.07 bits per heavy atom. The van der Waals surface area contributed by atoms with Gasteiger partial charge in [-0.1, -0.05) is 18.2 Å². The maximum atomic E-state index is 13.6. The molecule has 0 radical (unpaired) electrons. The van der Waals surface area contributed by atoms with Gasteiger partial charge in [-0.3, -0.25) is 9.59 Å². The van der Waals surface area contributed by atoms with E-state index < -0.39 is 41.2 Å². The van der Waals surface area contributed by atoms with E-state index in [1.165, 1.54) is 24.4 Å². The lowest BCUT2D eigenvalue weighted by atomic mass is 10.0. The SMILES string of the molecule is O=C(Nc1cc[nH]c(=O)c1)c1c(Oc2ccccc2)cc(CF)cc1C(F)(F)F. The zero-order chi connectivity index (χ0) is 21.0. The van der Waals surface area contributed by atoms with E-state index >= 15 is 0 Å². The van der Waals surface area contributed by atoms with E-state index in [4.69, 9.17) is 4.74 Å². The van der Waals surface area contributed by atoms with Crippen molar-refractivity contribution in [2.45, 2.75) is 12.9 Å². The molecule has 0 bridgehead atoms. The van der Waals surface area contributed by atoms with Gasteiger partial charge in [0, 0.05) is 18.0 Å². The topological polar surface area (TPSA) is 71.2 Å². The number of benzene rings is 2. The summed E-state index contributed by atoms with van der Waals surface area (Å²) in [6, 6.07) is 11.7. The Morgan fingerprint density at radius 3 is 2.41 bits per heavy atom. The van der Waals surface area contributed by atoms with Crippen LogP contribution in [0.25, 0.3) is 0 Å². The number of ether oxygens (including phenoxy) is 1. The van der Waals surface area contributed by atoms with Gasteiger partial charge in [0.25, 0.3) is 5.91 Å². The Labute approximate surface area is 162 Å². The molecule has 3 aromatic rings. The molecule has 0 aliphatic heterocycles. The smallest absolute Gasteiger partial charge is 0.417 e. The van der Waals surface area contributed by atoms with Crippen LogP contribution in [0, 0.1) is 0 Å². The lowest BCUT2D eigenvalue weighted by Crippen LogP contribution is -2.21. The van der Waals surface area contributed by atoms with E-state index in [-0.39, 0.29) is 17.0 Å². The molecule has 29 heavy (non-hydrogen) atoms. The average Bonchev–Trinajstić information content (AvgIpc) is 2.67. The van der Waals surface area contributed by atoms with Crippen LogP contribution in [0.1, 0.15) is 21.5 Å². The summed E-state index contributed by atoms with van der Waals surface area (Å²) in [5.74, 6) is -1.44. The number of H-pyrrole nitrogens is 1. The summed E-state index contributed by atoms with van der Waals surface area (Å²) >= 11 is 0.